The van der Waals surface area contributed by atoms with Gasteiger partial charge in [-0.3, -0.25) is 28.8 Å². The molecular formula is C18H27NO10. The van der Waals surface area contributed by atoms with Crippen LogP contribution in [0.2, 0.25) is 0 Å². The van der Waals surface area contributed by atoms with Crippen LogP contribution in [-0.2, 0) is 28.8 Å². The maximum atomic E-state index is 12.6. The Labute approximate surface area is 167 Å². The van der Waals surface area contributed by atoms with Crippen LogP contribution in [-0.4, -0.2) is 84.7 Å². The third-order valence-corrected chi connectivity index (χ3v) is 4.49. The summed E-state index contributed by atoms with van der Waals surface area (Å²) in [5, 5.41) is 43.1. The number of carbonyl (C=O) groups is 6. The molecule has 11 heteroatoms. The Kier molecular flexibility index (Phi) is 9.12. The van der Waals surface area contributed by atoms with Gasteiger partial charge in [-0.1, -0.05) is 6.92 Å². The number of carbonyl (C=O) groups excluding carboxylic acids is 6. The molecule has 0 aromatic rings. The molecule has 5 atom stereocenters. The van der Waals surface area contributed by atoms with E-state index in [-0.39, 0.29) is 12.8 Å². The highest BCUT2D eigenvalue weighted by molar-refractivity contribution is 6.40. The molecule has 11 nitrogen and oxygen atoms in total. The second kappa shape index (κ2) is 9.92. The Hall–Kier alpha value is -2.34. The number of nitrogens with one attached hydrogen (secondary N) is 1. The van der Waals surface area contributed by atoms with E-state index in [1.165, 1.54) is 0 Å². The molecule has 0 spiro atoms. The molecule has 0 rings (SSSR count). The van der Waals surface area contributed by atoms with Gasteiger partial charge in [-0.05, 0) is 27.2 Å². The molecule has 0 bridgehead atoms. The lowest BCUT2D eigenvalue weighted by atomic mass is 9.67. The van der Waals surface area contributed by atoms with Crippen LogP contribution in [0.15, 0.2) is 0 Å². The van der Waals surface area contributed by atoms with E-state index < -0.39 is 64.3 Å². The number of amides is 1. The van der Waals surface area contributed by atoms with Crippen LogP contribution in [0.3, 0.4) is 0 Å². The average molecular weight is 417 g/mol. The first-order valence-corrected chi connectivity index (χ1v) is 8.81. The molecule has 0 aromatic carbocycles. The molecule has 164 valence electrons. The molecule has 0 saturated heterocycles. The van der Waals surface area contributed by atoms with Gasteiger partial charge in [-0.2, -0.15) is 0 Å². The van der Waals surface area contributed by atoms with E-state index in [1.54, 1.807) is 6.92 Å². The van der Waals surface area contributed by atoms with Crippen LogP contribution >= 0.6 is 0 Å². The highest BCUT2D eigenvalue weighted by atomic mass is 16.4. The smallest absolute Gasteiger partial charge is 0.223 e. The normalized spacial score (nSPS) is 18.4. The van der Waals surface area contributed by atoms with Crippen LogP contribution in [0.4, 0.5) is 0 Å². The monoisotopic (exact) mass is 417 g/mol. The Morgan fingerprint density at radius 3 is 1.72 bits per heavy atom. The van der Waals surface area contributed by atoms with Crippen LogP contribution in [0.25, 0.3) is 0 Å². The fourth-order valence-corrected chi connectivity index (χ4v) is 2.75. The van der Waals surface area contributed by atoms with Gasteiger partial charge in [0.1, 0.15) is 12.1 Å². The van der Waals surface area contributed by atoms with Gasteiger partial charge in [-0.15, -0.1) is 0 Å². The minimum absolute atomic E-state index is 0.210. The maximum absolute atomic E-state index is 12.6. The first-order valence-electron chi connectivity index (χ1n) is 8.81. The van der Waals surface area contributed by atoms with Crippen molar-refractivity contribution in [2.75, 3.05) is 0 Å². The molecule has 0 saturated carbocycles. The summed E-state index contributed by atoms with van der Waals surface area (Å²) in [6.07, 6.45) is -4.21. The largest absolute Gasteiger partial charge is 0.390 e. The van der Waals surface area contributed by atoms with Gasteiger partial charge in [0.2, 0.25) is 23.1 Å². The summed E-state index contributed by atoms with van der Waals surface area (Å²) in [6, 6.07) is -2.50. The van der Waals surface area contributed by atoms with E-state index in [1.807, 2.05) is 5.32 Å². The molecule has 5 N–H and O–H groups in total. The highest BCUT2D eigenvalue weighted by Crippen LogP contribution is 2.32. The average Bonchev–Trinajstić information content (AvgIpc) is 2.62. The minimum Gasteiger partial charge on any atom is -0.390 e. The second-order valence-electron chi connectivity index (χ2n) is 6.81. The molecule has 29 heavy (non-hydrogen) atoms. The summed E-state index contributed by atoms with van der Waals surface area (Å²) in [5.74, 6) is -8.69. The number of aliphatic hydroxyl groups excluding tert-OH is 2. The number of hydrogen-bond donors (Lipinski definition) is 5. The third-order valence-electron chi connectivity index (χ3n) is 4.49. The van der Waals surface area contributed by atoms with Gasteiger partial charge in [0, 0.05) is 13.3 Å². The van der Waals surface area contributed by atoms with Crippen molar-refractivity contribution >= 4 is 34.8 Å². The Morgan fingerprint density at radius 1 is 0.931 bits per heavy atom. The Bertz CT molecular complexity index is 715. The highest BCUT2D eigenvalue weighted by Gasteiger charge is 2.68. The van der Waals surface area contributed by atoms with Crippen molar-refractivity contribution in [3.05, 3.63) is 0 Å². The summed E-state index contributed by atoms with van der Waals surface area (Å²) in [5.41, 5.74) is -7.40. The number of hydrogen-bond acceptors (Lipinski definition) is 10. The van der Waals surface area contributed by atoms with Gasteiger partial charge >= 0.3 is 0 Å². The van der Waals surface area contributed by atoms with E-state index >= 15 is 0 Å². The number of Topliss-reactive ketones (excluding diaryl/α,β-unsaturated/α-hetero) is 5. The molecular weight excluding hydrogens is 390 g/mol. The summed E-state index contributed by atoms with van der Waals surface area (Å²) in [7, 11) is 0. The maximum Gasteiger partial charge on any atom is 0.223 e. The van der Waals surface area contributed by atoms with Crippen LogP contribution < -0.4 is 5.32 Å². The zero-order chi connectivity index (χ0) is 23.3. The zero-order valence-electron chi connectivity index (χ0n) is 16.9. The van der Waals surface area contributed by atoms with Gasteiger partial charge in [0.25, 0.3) is 0 Å². The van der Waals surface area contributed by atoms with E-state index in [2.05, 4.69) is 0 Å². The lowest BCUT2D eigenvalue weighted by Gasteiger charge is -2.43. The molecule has 0 fully saturated rings. The molecule has 0 radical (unpaired) electrons. The van der Waals surface area contributed by atoms with Crippen molar-refractivity contribution in [1.82, 2.24) is 5.32 Å². The SMILES string of the molecule is CCCC(=O)N[C@@H](C(=O)C(C)=O)[C@](O)(C(C)=O)[C@](O)(C(C)=O)C(=O)C(O)C(C)O. The zero-order valence-corrected chi connectivity index (χ0v) is 16.9. The first kappa shape index (κ1) is 26.7. The lowest BCUT2D eigenvalue weighted by molar-refractivity contribution is -0.197. The molecule has 0 aliphatic heterocycles. The molecule has 2 unspecified atom stereocenters. The topological polar surface area (TPSA) is 195 Å². The van der Waals surface area contributed by atoms with E-state index in [0.29, 0.717) is 13.8 Å². The predicted molar refractivity (Wildman–Crippen MR) is 96.5 cm³/mol. The van der Waals surface area contributed by atoms with Gasteiger partial charge in [0.15, 0.2) is 23.0 Å². The van der Waals surface area contributed by atoms with Crippen molar-refractivity contribution in [2.45, 2.75) is 76.9 Å². The minimum atomic E-state index is -3.76. The van der Waals surface area contributed by atoms with Gasteiger partial charge in [0.05, 0.1) is 6.10 Å². The molecule has 0 aromatic heterocycles. The summed E-state index contributed by atoms with van der Waals surface area (Å²) in [6.45, 7) is 4.47. The van der Waals surface area contributed by atoms with Crippen molar-refractivity contribution in [3.8, 4) is 0 Å². The standard InChI is InChI=1S/C18H27NO10/c1-6-7-12(24)19-15(13(25)8(2)20)17(28,10(4)22)18(29,11(5)23)16(27)14(26)9(3)21/h9,14-15,21,26,28-29H,6-7H2,1-5H3,(H,19,24)/t9?,14?,15-,17+,18-/m0/s1. The van der Waals surface area contributed by atoms with Gasteiger partial charge < -0.3 is 25.7 Å². The van der Waals surface area contributed by atoms with Crippen LogP contribution in [0, 0.1) is 0 Å². The third kappa shape index (κ3) is 4.99. The summed E-state index contributed by atoms with van der Waals surface area (Å²) in [4.78, 5) is 73.2. The fourth-order valence-electron chi connectivity index (χ4n) is 2.75. The van der Waals surface area contributed by atoms with Crippen molar-refractivity contribution in [2.24, 2.45) is 0 Å². The number of ketones is 5. The molecule has 1 amide bonds. The number of aliphatic hydroxyl groups is 4. The molecule has 0 aliphatic rings. The second-order valence-corrected chi connectivity index (χ2v) is 6.81. The van der Waals surface area contributed by atoms with Crippen LogP contribution in [0.1, 0.15) is 47.5 Å². The van der Waals surface area contributed by atoms with E-state index in [9.17, 15) is 49.2 Å². The fraction of sp³-hybridized carbons (Fsp3) is 0.667. The molecule has 0 heterocycles. The van der Waals surface area contributed by atoms with Crippen molar-refractivity contribution in [3.63, 3.8) is 0 Å². The van der Waals surface area contributed by atoms with Crippen LogP contribution in [0.5, 0.6) is 0 Å². The molecule has 0 aliphatic carbocycles. The van der Waals surface area contributed by atoms with E-state index in [0.717, 1.165) is 13.8 Å². The number of rotatable bonds is 12. The van der Waals surface area contributed by atoms with E-state index in [4.69, 9.17) is 0 Å². The quantitative estimate of drug-likeness (QED) is 0.166. The van der Waals surface area contributed by atoms with Crippen molar-refractivity contribution in [1.29, 1.82) is 0 Å². The van der Waals surface area contributed by atoms with Crippen molar-refractivity contribution < 1.29 is 49.2 Å². The Morgan fingerprint density at radius 2 is 1.41 bits per heavy atom. The Balaban J connectivity index is 6.91. The van der Waals surface area contributed by atoms with Gasteiger partial charge in [-0.25, -0.2) is 0 Å². The summed E-state index contributed by atoms with van der Waals surface area (Å²) >= 11 is 0. The predicted octanol–water partition coefficient (Wildman–Crippen LogP) is -2.62. The summed E-state index contributed by atoms with van der Waals surface area (Å²) < 4.78 is 0. The lowest BCUT2D eigenvalue weighted by Crippen LogP contribution is -2.78. The first-order chi connectivity index (χ1) is 13.1.